The van der Waals surface area contributed by atoms with Crippen LogP contribution in [0.2, 0.25) is 0 Å². The van der Waals surface area contributed by atoms with Gasteiger partial charge in [0.05, 0.1) is 4.87 Å². The Bertz CT molecular complexity index is 953. The summed E-state index contributed by atoms with van der Waals surface area (Å²) >= 11 is 3.09. The fourth-order valence-corrected chi connectivity index (χ4v) is 6.14. The largest absolute Gasteiger partial charge is 0.456 e. The maximum atomic E-state index is 12.7. The van der Waals surface area contributed by atoms with Gasteiger partial charge in [-0.15, -0.1) is 23.1 Å². The van der Waals surface area contributed by atoms with Gasteiger partial charge < -0.3 is 9.64 Å². The minimum Gasteiger partial charge on any atom is -0.456 e. The monoisotopic (exact) mass is 419 g/mol. The number of aromatic nitrogens is 2. The van der Waals surface area contributed by atoms with Crippen molar-refractivity contribution in [1.29, 1.82) is 0 Å². The van der Waals surface area contributed by atoms with Gasteiger partial charge in [0, 0.05) is 40.7 Å². The van der Waals surface area contributed by atoms with Gasteiger partial charge in [0.2, 0.25) is 11.7 Å². The zero-order valence-electron chi connectivity index (χ0n) is 15.9. The van der Waals surface area contributed by atoms with Crippen LogP contribution >= 0.6 is 23.1 Å². The molecule has 1 amide bonds. The van der Waals surface area contributed by atoms with Crippen molar-refractivity contribution in [2.45, 2.75) is 44.5 Å². The molecule has 0 aromatic carbocycles. The summed E-state index contributed by atoms with van der Waals surface area (Å²) in [5.74, 6) is -0.278. The number of fused-ring (bicyclic) bond motifs is 1. The molecule has 2 aliphatic rings. The van der Waals surface area contributed by atoms with E-state index < -0.39 is 12.0 Å². The van der Waals surface area contributed by atoms with E-state index in [1.54, 1.807) is 28.9 Å². The quantitative estimate of drug-likeness (QED) is 0.548. The first-order chi connectivity index (χ1) is 13.3. The smallest absolute Gasteiger partial charge is 0.330 e. The van der Waals surface area contributed by atoms with Crippen LogP contribution in [0.4, 0.5) is 0 Å². The van der Waals surface area contributed by atoms with Crippen molar-refractivity contribution < 1.29 is 19.1 Å². The summed E-state index contributed by atoms with van der Waals surface area (Å²) in [5.41, 5.74) is 2.18. The molecule has 0 aliphatic carbocycles. The summed E-state index contributed by atoms with van der Waals surface area (Å²) in [7, 11) is 0. The molecule has 4 heterocycles. The summed E-state index contributed by atoms with van der Waals surface area (Å²) in [6.07, 6.45) is 2.91. The second-order valence-electron chi connectivity index (χ2n) is 7.23. The molecular weight excluding hydrogens is 398 g/mol. The molecule has 0 radical (unpaired) electrons. The SMILES string of the molecule is Cc1cc(C(=O)COC(=O)[C@@H]2CS[C@]3(C)CCC(=O)N23)c(C)n1-c1nccs1. The number of amides is 1. The fourth-order valence-electron chi connectivity index (χ4n) is 3.97. The van der Waals surface area contributed by atoms with Crippen LogP contribution < -0.4 is 0 Å². The normalized spacial score (nSPS) is 23.9. The zero-order valence-corrected chi connectivity index (χ0v) is 17.6. The molecule has 2 atom stereocenters. The molecule has 7 nitrogen and oxygen atoms in total. The van der Waals surface area contributed by atoms with Gasteiger partial charge in [0.1, 0.15) is 6.04 Å². The lowest BCUT2D eigenvalue weighted by Crippen LogP contribution is -2.46. The van der Waals surface area contributed by atoms with Gasteiger partial charge in [-0.25, -0.2) is 9.78 Å². The molecule has 2 saturated heterocycles. The van der Waals surface area contributed by atoms with Crippen LogP contribution in [0.1, 0.15) is 41.5 Å². The molecule has 2 aromatic heterocycles. The number of hydrogen-bond acceptors (Lipinski definition) is 7. The first-order valence-electron chi connectivity index (χ1n) is 9.06. The second kappa shape index (κ2) is 7.04. The highest BCUT2D eigenvalue weighted by Crippen LogP contribution is 2.47. The molecule has 0 saturated carbocycles. The Kier molecular flexibility index (Phi) is 4.83. The van der Waals surface area contributed by atoms with Gasteiger partial charge in [0.25, 0.3) is 0 Å². The van der Waals surface area contributed by atoms with Crippen LogP contribution in [0, 0.1) is 13.8 Å². The third-order valence-electron chi connectivity index (χ3n) is 5.40. The summed E-state index contributed by atoms with van der Waals surface area (Å²) < 4.78 is 7.24. The van der Waals surface area contributed by atoms with Crippen molar-refractivity contribution in [3.05, 3.63) is 34.6 Å². The molecule has 0 N–H and O–H groups in total. The average Bonchev–Trinajstić information content (AvgIpc) is 3.40. The molecule has 0 unspecified atom stereocenters. The van der Waals surface area contributed by atoms with E-state index in [-0.39, 0.29) is 23.2 Å². The van der Waals surface area contributed by atoms with Crippen molar-refractivity contribution in [2.24, 2.45) is 0 Å². The van der Waals surface area contributed by atoms with Gasteiger partial charge in [-0.05, 0) is 33.3 Å². The number of ether oxygens (including phenoxy) is 1. The number of carbonyl (C=O) groups is 3. The van der Waals surface area contributed by atoms with Gasteiger partial charge >= 0.3 is 5.97 Å². The summed E-state index contributed by atoms with van der Waals surface area (Å²) in [6.45, 7) is 5.41. The van der Waals surface area contributed by atoms with Gasteiger partial charge in [-0.2, -0.15) is 0 Å². The van der Waals surface area contributed by atoms with E-state index in [1.165, 1.54) is 11.3 Å². The van der Waals surface area contributed by atoms with Crippen LogP contribution in [0.25, 0.3) is 5.13 Å². The van der Waals surface area contributed by atoms with Crippen molar-refractivity contribution in [3.63, 3.8) is 0 Å². The van der Waals surface area contributed by atoms with E-state index in [0.717, 1.165) is 22.9 Å². The Morgan fingerprint density at radius 1 is 1.39 bits per heavy atom. The van der Waals surface area contributed by atoms with Crippen molar-refractivity contribution in [2.75, 3.05) is 12.4 Å². The van der Waals surface area contributed by atoms with Gasteiger partial charge in [-0.3, -0.25) is 14.2 Å². The zero-order chi connectivity index (χ0) is 20.1. The molecule has 2 aromatic rings. The minimum atomic E-state index is -0.611. The van der Waals surface area contributed by atoms with E-state index in [9.17, 15) is 14.4 Å². The van der Waals surface area contributed by atoms with E-state index in [0.29, 0.717) is 17.7 Å². The molecule has 2 fully saturated rings. The number of rotatable bonds is 5. The molecule has 0 bridgehead atoms. The lowest BCUT2D eigenvalue weighted by molar-refractivity contribution is -0.152. The number of hydrogen-bond donors (Lipinski definition) is 0. The maximum Gasteiger partial charge on any atom is 0.330 e. The predicted molar refractivity (Wildman–Crippen MR) is 107 cm³/mol. The van der Waals surface area contributed by atoms with Crippen LogP contribution in [0.3, 0.4) is 0 Å². The first-order valence-corrected chi connectivity index (χ1v) is 10.9. The molecular formula is C19H21N3O4S2. The van der Waals surface area contributed by atoms with Crippen LogP contribution in [0.5, 0.6) is 0 Å². The third kappa shape index (κ3) is 3.06. The summed E-state index contributed by atoms with van der Waals surface area (Å²) in [5, 5.41) is 2.67. The van der Waals surface area contributed by atoms with E-state index >= 15 is 0 Å². The molecule has 0 spiro atoms. The molecule has 2 aliphatic heterocycles. The Hall–Kier alpha value is -2.13. The third-order valence-corrected chi connectivity index (χ3v) is 7.67. The van der Waals surface area contributed by atoms with Gasteiger partial charge in [0.15, 0.2) is 11.7 Å². The highest BCUT2D eigenvalue weighted by Gasteiger charge is 2.53. The topological polar surface area (TPSA) is 81.5 Å². The van der Waals surface area contributed by atoms with Crippen molar-refractivity contribution >= 4 is 40.8 Å². The Morgan fingerprint density at radius 2 is 2.18 bits per heavy atom. The van der Waals surface area contributed by atoms with E-state index in [2.05, 4.69) is 4.98 Å². The maximum absolute atomic E-state index is 12.7. The number of thioether (sulfide) groups is 1. The van der Waals surface area contributed by atoms with E-state index in [1.807, 2.05) is 30.7 Å². The number of Topliss-reactive ketones (excluding diaryl/α,β-unsaturated/α-hetero) is 1. The lowest BCUT2D eigenvalue weighted by Gasteiger charge is -2.29. The highest BCUT2D eigenvalue weighted by atomic mass is 32.2. The van der Waals surface area contributed by atoms with Crippen LogP contribution in [-0.4, -0.2) is 55.4 Å². The summed E-state index contributed by atoms with van der Waals surface area (Å²) in [6, 6.07) is 1.18. The molecule has 28 heavy (non-hydrogen) atoms. The van der Waals surface area contributed by atoms with Crippen molar-refractivity contribution in [3.8, 4) is 5.13 Å². The van der Waals surface area contributed by atoms with Crippen molar-refractivity contribution in [1.82, 2.24) is 14.5 Å². The molecule has 9 heteroatoms. The standard InChI is InChI=1S/C19H21N3O4S2/c1-11-8-13(12(2)21(11)18-20-6-7-27-18)15(23)9-26-17(25)14-10-28-19(3)5-4-16(24)22(14)19/h6-8,14H,4-5,9-10H2,1-3H3/t14-,19+/m0/s1. The predicted octanol–water partition coefficient (Wildman–Crippen LogP) is 2.73. The van der Waals surface area contributed by atoms with Crippen LogP contribution in [-0.2, 0) is 14.3 Å². The van der Waals surface area contributed by atoms with Gasteiger partial charge in [-0.1, -0.05) is 0 Å². The van der Waals surface area contributed by atoms with Crippen LogP contribution in [0.15, 0.2) is 17.6 Å². The number of carbonyl (C=O) groups excluding carboxylic acids is 3. The number of esters is 1. The molecule has 4 rings (SSSR count). The number of ketones is 1. The van der Waals surface area contributed by atoms with E-state index in [4.69, 9.17) is 4.74 Å². The number of thiazole rings is 1. The lowest BCUT2D eigenvalue weighted by atomic mass is 10.1. The average molecular weight is 420 g/mol. The fraction of sp³-hybridized carbons (Fsp3) is 0.474. The number of aryl methyl sites for hydroxylation is 1. The Balaban J connectivity index is 1.45. The second-order valence-corrected chi connectivity index (χ2v) is 9.61. The minimum absolute atomic E-state index is 0.0206. The number of nitrogens with zero attached hydrogens (tertiary/aromatic N) is 3. The Morgan fingerprint density at radius 3 is 2.89 bits per heavy atom. The molecule has 148 valence electrons. The summed E-state index contributed by atoms with van der Waals surface area (Å²) in [4.78, 5) is 43.0. The highest BCUT2D eigenvalue weighted by molar-refractivity contribution is 8.01. The first kappa shape index (κ1) is 19.2. The Labute approximate surface area is 171 Å².